The van der Waals surface area contributed by atoms with Crippen LogP contribution in [0.15, 0.2) is 48.8 Å². The molecule has 0 radical (unpaired) electrons. The van der Waals surface area contributed by atoms with Crippen LogP contribution in [0.3, 0.4) is 0 Å². The molecule has 3 aromatic rings. The number of aromatic nitrogens is 2. The minimum absolute atomic E-state index is 0.0161. The van der Waals surface area contributed by atoms with Crippen molar-refractivity contribution in [3.05, 3.63) is 92.7 Å². The molecule has 0 spiro atoms. The second-order valence-corrected chi connectivity index (χ2v) is 12.4. The summed E-state index contributed by atoms with van der Waals surface area (Å²) in [6, 6.07) is 9.03. The van der Waals surface area contributed by atoms with E-state index in [0.717, 1.165) is 6.07 Å². The maximum Gasteiger partial charge on any atom is 0.257 e. The van der Waals surface area contributed by atoms with E-state index in [1.165, 1.54) is 23.4 Å². The predicted molar refractivity (Wildman–Crippen MR) is 156 cm³/mol. The number of hydrogen-bond donors (Lipinski definition) is 3. The van der Waals surface area contributed by atoms with Gasteiger partial charge in [0, 0.05) is 23.0 Å². The SMILES string of the molecule is CCC(O)(c1cc(F)c2c(c1)C(=O)N(Cc1ncc(Cl)cn1)[C@@]2(OC1CC(O)C1)c1ccc(Cl)cc1)C1(F)CCNCC1. The Morgan fingerprint density at radius 1 is 1.12 bits per heavy atom. The van der Waals surface area contributed by atoms with Gasteiger partial charge in [-0.3, -0.25) is 9.69 Å². The van der Waals surface area contributed by atoms with Gasteiger partial charge in [0.05, 0.1) is 34.9 Å². The van der Waals surface area contributed by atoms with E-state index in [-0.39, 0.29) is 61.2 Å². The minimum Gasteiger partial charge on any atom is -0.393 e. The van der Waals surface area contributed by atoms with Crippen LogP contribution >= 0.6 is 23.2 Å². The van der Waals surface area contributed by atoms with Gasteiger partial charge in [0.15, 0.2) is 0 Å². The molecule has 12 heteroatoms. The Morgan fingerprint density at radius 2 is 1.77 bits per heavy atom. The van der Waals surface area contributed by atoms with Gasteiger partial charge in [-0.25, -0.2) is 18.7 Å². The van der Waals surface area contributed by atoms with E-state index in [4.69, 9.17) is 27.9 Å². The number of benzene rings is 2. The number of halogens is 4. The third-order valence-corrected chi connectivity index (χ3v) is 9.47. The highest BCUT2D eigenvalue weighted by atomic mass is 35.5. The molecule has 2 aromatic carbocycles. The number of hydrogen-bond acceptors (Lipinski definition) is 7. The van der Waals surface area contributed by atoms with Gasteiger partial charge in [-0.1, -0.05) is 42.3 Å². The molecule has 228 valence electrons. The molecule has 3 heterocycles. The van der Waals surface area contributed by atoms with Crippen molar-refractivity contribution in [2.75, 3.05) is 13.1 Å². The van der Waals surface area contributed by atoms with Gasteiger partial charge in [0.1, 0.15) is 22.9 Å². The molecule has 1 aromatic heterocycles. The molecule has 1 unspecified atom stereocenters. The first-order valence-electron chi connectivity index (χ1n) is 14.4. The number of carbonyl (C=O) groups is 1. The summed E-state index contributed by atoms with van der Waals surface area (Å²) in [5, 5.41) is 25.7. The standard InChI is InChI=1S/C31H32Cl2F2N4O4/c1-2-30(42,29(35)7-9-36-10-8-29)19-11-24-27(25(34)12-19)31(43-23-13-22(40)14-23,18-3-5-20(32)6-4-18)39(28(24)41)17-26-37-15-21(33)16-38-26/h3-6,11-12,15-16,22-23,36,40,42H,2,7-10,13-14,17H2,1H3/t22?,23?,30?,31-/m1/s1. The zero-order chi connectivity index (χ0) is 30.6. The molecule has 0 bridgehead atoms. The number of alkyl halides is 1. The maximum absolute atomic E-state index is 16.7. The highest BCUT2D eigenvalue weighted by molar-refractivity contribution is 6.30. The zero-order valence-corrected chi connectivity index (χ0v) is 25.0. The zero-order valence-electron chi connectivity index (χ0n) is 23.5. The number of nitrogens with zero attached hydrogens (tertiary/aromatic N) is 3. The fraction of sp³-hybridized carbons (Fsp3) is 0.452. The molecule has 2 aliphatic heterocycles. The number of fused-ring (bicyclic) bond motifs is 1. The van der Waals surface area contributed by atoms with Gasteiger partial charge in [-0.05, 0) is 75.0 Å². The van der Waals surface area contributed by atoms with Crippen molar-refractivity contribution in [2.45, 2.75) is 74.8 Å². The normalized spacial score (nSPS) is 26.1. The van der Waals surface area contributed by atoms with Crippen LogP contribution in [0.5, 0.6) is 0 Å². The van der Waals surface area contributed by atoms with Crippen LogP contribution in [0.2, 0.25) is 10.0 Å². The van der Waals surface area contributed by atoms with Gasteiger partial charge in [-0.15, -0.1) is 0 Å². The fourth-order valence-corrected chi connectivity index (χ4v) is 6.81. The molecule has 1 amide bonds. The first-order chi connectivity index (χ1) is 20.5. The Labute approximate surface area is 258 Å². The highest BCUT2D eigenvalue weighted by Crippen LogP contribution is 2.52. The van der Waals surface area contributed by atoms with Crippen molar-refractivity contribution in [1.29, 1.82) is 0 Å². The Bertz CT molecular complexity index is 1520. The lowest BCUT2D eigenvalue weighted by Crippen LogP contribution is -2.54. The molecule has 1 aliphatic carbocycles. The largest absolute Gasteiger partial charge is 0.393 e. The monoisotopic (exact) mass is 632 g/mol. The van der Waals surface area contributed by atoms with Crippen LogP contribution in [0.25, 0.3) is 0 Å². The summed E-state index contributed by atoms with van der Waals surface area (Å²) in [6.07, 6.45) is 2.31. The van der Waals surface area contributed by atoms with E-state index in [1.807, 2.05) is 0 Å². The predicted octanol–water partition coefficient (Wildman–Crippen LogP) is 5.01. The summed E-state index contributed by atoms with van der Waals surface area (Å²) in [5.74, 6) is -1.22. The van der Waals surface area contributed by atoms with Crippen molar-refractivity contribution in [3.63, 3.8) is 0 Å². The summed E-state index contributed by atoms with van der Waals surface area (Å²) >= 11 is 12.2. The second-order valence-electron chi connectivity index (χ2n) is 11.5. The lowest BCUT2D eigenvalue weighted by molar-refractivity contribution is -0.191. The second kappa shape index (κ2) is 11.3. The summed E-state index contributed by atoms with van der Waals surface area (Å²) in [4.78, 5) is 24.2. The quantitative estimate of drug-likeness (QED) is 0.320. The minimum atomic E-state index is -2.04. The van der Waals surface area contributed by atoms with Crippen molar-refractivity contribution < 1.29 is 28.5 Å². The van der Waals surface area contributed by atoms with Crippen molar-refractivity contribution in [3.8, 4) is 0 Å². The highest BCUT2D eigenvalue weighted by Gasteiger charge is 2.58. The molecule has 3 N–H and O–H groups in total. The lowest BCUT2D eigenvalue weighted by Gasteiger charge is -2.45. The van der Waals surface area contributed by atoms with Crippen LogP contribution in [-0.2, 0) is 22.6 Å². The Kier molecular flexibility index (Phi) is 7.98. The molecule has 3 aliphatic rings. The third kappa shape index (κ3) is 5.02. The van der Waals surface area contributed by atoms with Crippen LogP contribution < -0.4 is 5.32 Å². The topological polar surface area (TPSA) is 108 Å². The number of piperidine rings is 1. The molecular weight excluding hydrogens is 601 g/mol. The van der Waals surface area contributed by atoms with Crippen LogP contribution in [0.4, 0.5) is 8.78 Å². The Balaban J connectivity index is 1.56. The van der Waals surface area contributed by atoms with E-state index in [1.54, 1.807) is 31.2 Å². The van der Waals surface area contributed by atoms with E-state index in [9.17, 15) is 15.0 Å². The average Bonchev–Trinajstić information content (AvgIpc) is 3.21. The number of rotatable bonds is 8. The van der Waals surface area contributed by atoms with Crippen molar-refractivity contribution in [1.82, 2.24) is 20.2 Å². The van der Waals surface area contributed by atoms with E-state index < -0.39 is 40.9 Å². The molecule has 8 nitrogen and oxygen atoms in total. The van der Waals surface area contributed by atoms with Gasteiger partial charge in [-0.2, -0.15) is 0 Å². The molecule has 2 atom stereocenters. The Hall–Kier alpha value is -2.73. The number of aliphatic hydroxyl groups is 2. The van der Waals surface area contributed by atoms with Gasteiger partial charge in [0.2, 0.25) is 5.72 Å². The van der Waals surface area contributed by atoms with Gasteiger partial charge >= 0.3 is 0 Å². The Morgan fingerprint density at radius 3 is 2.37 bits per heavy atom. The number of ether oxygens (including phenoxy) is 1. The summed E-state index contributed by atoms with van der Waals surface area (Å²) in [7, 11) is 0. The number of carbonyl (C=O) groups excluding carboxylic acids is 1. The first kappa shape index (κ1) is 30.3. The molecule has 43 heavy (non-hydrogen) atoms. The van der Waals surface area contributed by atoms with E-state index in [0.29, 0.717) is 28.7 Å². The molecular formula is C31H32Cl2F2N4O4. The fourth-order valence-electron chi connectivity index (χ4n) is 6.59. The van der Waals surface area contributed by atoms with Crippen LogP contribution in [-0.4, -0.2) is 62.0 Å². The van der Waals surface area contributed by atoms with Crippen LogP contribution in [0.1, 0.15) is 71.9 Å². The summed E-state index contributed by atoms with van der Waals surface area (Å²) < 4.78 is 39.8. The van der Waals surface area contributed by atoms with Crippen molar-refractivity contribution >= 4 is 29.1 Å². The third-order valence-electron chi connectivity index (χ3n) is 9.03. The average molecular weight is 634 g/mol. The van der Waals surface area contributed by atoms with E-state index in [2.05, 4.69) is 15.3 Å². The van der Waals surface area contributed by atoms with Gasteiger partial charge in [0.25, 0.3) is 5.91 Å². The smallest absolute Gasteiger partial charge is 0.257 e. The molecule has 1 saturated carbocycles. The summed E-state index contributed by atoms with van der Waals surface area (Å²) in [6.45, 7) is 2.18. The summed E-state index contributed by atoms with van der Waals surface area (Å²) in [5.41, 5.74) is -5.62. The van der Waals surface area contributed by atoms with Crippen molar-refractivity contribution in [2.24, 2.45) is 0 Å². The first-order valence-corrected chi connectivity index (χ1v) is 15.1. The number of nitrogens with one attached hydrogen (secondary N) is 1. The lowest BCUT2D eigenvalue weighted by atomic mass is 9.71. The van der Waals surface area contributed by atoms with Gasteiger partial charge < -0.3 is 20.3 Å². The molecule has 2 fully saturated rings. The molecule has 1 saturated heterocycles. The maximum atomic E-state index is 16.7. The number of amides is 1. The molecule has 6 rings (SSSR count). The number of aliphatic hydroxyl groups excluding tert-OH is 1. The van der Waals surface area contributed by atoms with E-state index >= 15 is 8.78 Å². The van der Waals surface area contributed by atoms with Crippen LogP contribution in [0, 0.1) is 5.82 Å².